The summed E-state index contributed by atoms with van der Waals surface area (Å²) in [6, 6.07) is 39.8. The molecule has 0 aromatic heterocycles. The van der Waals surface area contributed by atoms with Gasteiger partial charge in [-0.05, 0) is 76.7 Å². The average molecular weight is 737 g/mol. The predicted octanol–water partition coefficient (Wildman–Crippen LogP) is 8.64. The summed E-state index contributed by atoms with van der Waals surface area (Å²) in [5, 5.41) is 13.8. The summed E-state index contributed by atoms with van der Waals surface area (Å²) in [6.45, 7) is 11.4. The van der Waals surface area contributed by atoms with E-state index in [1.807, 2.05) is 42.5 Å². The van der Waals surface area contributed by atoms with Gasteiger partial charge in [0.2, 0.25) is 0 Å². The Morgan fingerprint density at radius 1 is 0.774 bits per heavy atom. The molecule has 1 aliphatic heterocycles. The molecule has 1 N–H and O–H groups in total. The maximum atomic E-state index is 11.5. The highest BCUT2D eigenvalue weighted by molar-refractivity contribution is 6.99. The van der Waals surface area contributed by atoms with Gasteiger partial charge < -0.3 is 28.5 Å². The van der Waals surface area contributed by atoms with Crippen molar-refractivity contribution >= 4 is 18.7 Å². The lowest BCUT2D eigenvalue weighted by atomic mass is 9.93. The highest BCUT2D eigenvalue weighted by atomic mass is 28.4. The van der Waals surface area contributed by atoms with E-state index in [0.29, 0.717) is 45.7 Å². The van der Waals surface area contributed by atoms with Crippen LogP contribution in [0.2, 0.25) is 5.04 Å². The van der Waals surface area contributed by atoms with Gasteiger partial charge in [-0.3, -0.25) is 0 Å². The number of aliphatic hydroxyl groups is 1. The summed E-state index contributed by atoms with van der Waals surface area (Å²) in [6.07, 6.45) is 7.29. The Bertz CT molecular complexity index is 1580. The third-order valence-electron chi connectivity index (χ3n) is 10.3. The molecular formula is C46H60O6Si. The Balaban J connectivity index is 1.26. The molecule has 1 aliphatic rings. The largest absolute Gasteiger partial charge is 0.497 e. The molecule has 5 atom stereocenters. The van der Waals surface area contributed by atoms with Crippen LogP contribution in [-0.2, 0) is 31.9 Å². The first-order valence-electron chi connectivity index (χ1n) is 19.3. The highest BCUT2D eigenvalue weighted by Crippen LogP contribution is 2.39. The maximum Gasteiger partial charge on any atom is 0.261 e. The van der Waals surface area contributed by atoms with Crippen molar-refractivity contribution in [2.45, 2.75) is 102 Å². The van der Waals surface area contributed by atoms with Crippen LogP contribution in [0.5, 0.6) is 5.75 Å². The van der Waals surface area contributed by atoms with Crippen LogP contribution in [0, 0.1) is 5.92 Å². The fraction of sp³-hybridized carbons (Fsp3) is 0.435. The van der Waals surface area contributed by atoms with Gasteiger partial charge in [0.05, 0.1) is 51.3 Å². The number of rotatable bonds is 20. The first kappa shape index (κ1) is 40.6. The maximum absolute atomic E-state index is 11.5. The van der Waals surface area contributed by atoms with Crippen molar-refractivity contribution < 1.29 is 28.5 Å². The lowest BCUT2D eigenvalue weighted by Crippen LogP contribution is -2.68. The van der Waals surface area contributed by atoms with Gasteiger partial charge in [0.1, 0.15) is 5.75 Å². The molecule has 0 amide bonds. The van der Waals surface area contributed by atoms with Crippen LogP contribution in [0.25, 0.3) is 0 Å². The molecule has 6 nitrogen and oxygen atoms in total. The molecule has 0 radical (unpaired) electrons. The minimum Gasteiger partial charge on any atom is -0.497 e. The van der Waals surface area contributed by atoms with Crippen molar-refractivity contribution in [3.05, 3.63) is 139 Å². The van der Waals surface area contributed by atoms with Crippen LogP contribution >= 0.6 is 0 Å². The molecule has 7 heteroatoms. The van der Waals surface area contributed by atoms with Crippen molar-refractivity contribution in [1.82, 2.24) is 0 Å². The Morgan fingerprint density at radius 2 is 1.36 bits per heavy atom. The fourth-order valence-electron chi connectivity index (χ4n) is 7.43. The summed E-state index contributed by atoms with van der Waals surface area (Å²) < 4.78 is 31.6. The quantitative estimate of drug-likeness (QED) is 0.0557. The molecule has 1 heterocycles. The molecular weight excluding hydrogens is 677 g/mol. The van der Waals surface area contributed by atoms with E-state index < -0.39 is 14.4 Å². The highest BCUT2D eigenvalue weighted by Gasteiger charge is 2.52. The van der Waals surface area contributed by atoms with Gasteiger partial charge in [-0.1, -0.05) is 143 Å². The van der Waals surface area contributed by atoms with Crippen molar-refractivity contribution in [3.63, 3.8) is 0 Å². The zero-order chi connectivity index (χ0) is 37.5. The average Bonchev–Trinajstić information content (AvgIpc) is 3.18. The van der Waals surface area contributed by atoms with E-state index in [9.17, 15) is 5.11 Å². The van der Waals surface area contributed by atoms with Crippen molar-refractivity contribution in [1.29, 1.82) is 0 Å². The summed E-state index contributed by atoms with van der Waals surface area (Å²) in [5.74, 6) is 0.914. The summed E-state index contributed by atoms with van der Waals surface area (Å²) >= 11 is 0. The van der Waals surface area contributed by atoms with Gasteiger partial charge in [-0.2, -0.15) is 0 Å². The lowest BCUT2D eigenvalue weighted by Gasteiger charge is -2.46. The second-order valence-electron chi connectivity index (χ2n) is 15.4. The number of hydrogen-bond donors (Lipinski definition) is 1. The molecule has 0 aliphatic carbocycles. The topological polar surface area (TPSA) is 66.4 Å². The number of ether oxygens (including phenoxy) is 4. The fourth-order valence-corrected chi connectivity index (χ4v) is 12.2. The van der Waals surface area contributed by atoms with E-state index in [1.54, 1.807) is 7.11 Å². The Kier molecular flexibility index (Phi) is 15.5. The molecule has 5 rings (SSSR count). The molecule has 1 unspecified atom stereocenters. The van der Waals surface area contributed by atoms with Gasteiger partial charge in [-0.25, -0.2) is 0 Å². The Hall–Kier alpha value is -3.56. The van der Waals surface area contributed by atoms with E-state index in [1.165, 1.54) is 10.4 Å². The second kappa shape index (κ2) is 20.2. The van der Waals surface area contributed by atoms with Gasteiger partial charge >= 0.3 is 0 Å². The van der Waals surface area contributed by atoms with Crippen LogP contribution in [0.4, 0.5) is 0 Å². The molecule has 53 heavy (non-hydrogen) atoms. The Morgan fingerprint density at radius 3 is 1.96 bits per heavy atom. The van der Waals surface area contributed by atoms with Crippen molar-refractivity contribution in [2.24, 2.45) is 5.92 Å². The standard InChI is InChI=1S/C46H60O6Si/c1-36(32-39(47)26-29-41-18-15-19-42(51-41)35-50-34-37-16-9-6-10-17-37)45(30-31-49-33-38-24-27-40(48-5)28-25-38)52-53(46(2,3)4,43-20-11-7-12-21-43)44-22-13-8-14-23-44/h6-18,20-25,27-28,36,39,41-42,45,47H,19,26,29-35H2,1-5H3/t36-,39?,41-,42+,45-/m1/s1. The smallest absolute Gasteiger partial charge is 0.261 e. The normalized spacial score (nSPS) is 18.0. The monoisotopic (exact) mass is 736 g/mol. The van der Waals surface area contributed by atoms with E-state index in [2.05, 4.69) is 113 Å². The summed E-state index contributed by atoms with van der Waals surface area (Å²) in [4.78, 5) is 0. The zero-order valence-corrected chi connectivity index (χ0v) is 33.4. The van der Waals surface area contributed by atoms with E-state index in [-0.39, 0.29) is 29.3 Å². The minimum atomic E-state index is -2.84. The zero-order valence-electron chi connectivity index (χ0n) is 32.4. The van der Waals surface area contributed by atoms with Crippen LogP contribution in [-0.4, -0.2) is 58.2 Å². The minimum absolute atomic E-state index is 0.0203. The predicted molar refractivity (Wildman–Crippen MR) is 217 cm³/mol. The third-order valence-corrected chi connectivity index (χ3v) is 15.4. The van der Waals surface area contributed by atoms with Crippen molar-refractivity contribution in [3.8, 4) is 5.75 Å². The summed E-state index contributed by atoms with van der Waals surface area (Å²) in [7, 11) is -1.16. The van der Waals surface area contributed by atoms with Crippen LogP contribution in [0.1, 0.15) is 70.9 Å². The molecule has 0 fully saturated rings. The molecule has 4 aromatic carbocycles. The molecule has 284 valence electrons. The summed E-state index contributed by atoms with van der Waals surface area (Å²) in [5.41, 5.74) is 2.26. The second-order valence-corrected chi connectivity index (χ2v) is 19.7. The molecule has 0 saturated heterocycles. The molecule has 0 saturated carbocycles. The lowest BCUT2D eigenvalue weighted by molar-refractivity contribution is -0.0552. The van der Waals surface area contributed by atoms with E-state index in [4.69, 9.17) is 23.4 Å². The Labute approximate surface area is 319 Å². The van der Waals surface area contributed by atoms with Gasteiger partial charge in [0.25, 0.3) is 8.32 Å². The molecule has 4 aromatic rings. The van der Waals surface area contributed by atoms with Gasteiger partial charge in [0, 0.05) is 6.61 Å². The van der Waals surface area contributed by atoms with E-state index >= 15 is 0 Å². The molecule has 0 bridgehead atoms. The number of aliphatic hydroxyl groups excluding tert-OH is 1. The SMILES string of the molecule is COc1ccc(COCC[C@@H](O[Si](c2ccccc2)(c2ccccc2)C(C)(C)C)[C@H](C)CC(O)CC[C@H]2C=CC[C@@H](COCc3ccccc3)O2)cc1. The number of methoxy groups -OCH3 is 1. The van der Waals surface area contributed by atoms with Crippen molar-refractivity contribution in [2.75, 3.05) is 20.3 Å². The van der Waals surface area contributed by atoms with Crippen LogP contribution < -0.4 is 15.1 Å². The van der Waals surface area contributed by atoms with Gasteiger partial charge in [0.15, 0.2) is 0 Å². The first-order chi connectivity index (χ1) is 25.7. The van der Waals surface area contributed by atoms with Crippen LogP contribution in [0.15, 0.2) is 127 Å². The van der Waals surface area contributed by atoms with Gasteiger partial charge in [-0.15, -0.1) is 0 Å². The third kappa shape index (κ3) is 11.7. The van der Waals surface area contributed by atoms with Crippen LogP contribution in [0.3, 0.4) is 0 Å². The molecule has 0 spiro atoms. The van der Waals surface area contributed by atoms with E-state index in [0.717, 1.165) is 29.7 Å². The first-order valence-corrected chi connectivity index (χ1v) is 21.2. The number of hydrogen-bond acceptors (Lipinski definition) is 6. The number of benzene rings is 4.